The minimum absolute atomic E-state index is 0.0333. The fourth-order valence-corrected chi connectivity index (χ4v) is 2.44. The molecule has 0 aromatic heterocycles. The molecule has 3 heteroatoms. The fourth-order valence-electron chi connectivity index (χ4n) is 2.44. The van der Waals surface area contributed by atoms with Crippen LogP contribution in [-0.2, 0) is 4.79 Å². The van der Waals surface area contributed by atoms with Gasteiger partial charge in [0.2, 0.25) is 0 Å². The van der Waals surface area contributed by atoms with Gasteiger partial charge < -0.3 is 5.11 Å². The van der Waals surface area contributed by atoms with E-state index in [4.69, 9.17) is 5.11 Å². The summed E-state index contributed by atoms with van der Waals surface area (Å²) in [4.78, 5) is 13.4. The van der Waals surface area contributed by atoms with E-state index in [0.717, 1.165) is 25.9 Å². The van der Waals surface area contributed by atoms with Gasteiger partial charge in [0.25, 0.3) is 0 Å². The number of carboxylic acids is 1. The molecule has 1 aliphatic heterocycles. The van der Waals surface area contributed by atoms with Crippen LogP contribution in [0.25, 0.3) is 0 Å². The van der Waals surface area contributed by atoms with Gasteiger partial charge in [-0.1, -0.05) is 13.8 Å². The molecule has 0 aromatic carbocycles. The molecule has 1 atom stereocenters. The zero-order chi connectivity index (χ0) is 11.6. The van der Waals surface area contributed by atoms with Gasteiger partial charge in [-0.25, -0.2) is 0 Å². The van der Waals surface area contributed by atoms with Crippen molar-refractivity contribution in [3.8, 4) is 0 Å². The Kier molecular flexibility index (Phi) is 3.77. The Bertz CT molecular complexity index is 236. The number of nitrogens with zero attached hydrogens (tertiary/aromatic N) is 1. The molecule has 0 aromatic rings. The standard InChI is InChI=1S/C12H23NO2/c1-9(2)8-13-6-5-10(11(14)15)7-12(13,3)4/h9-10H,5-8H2,1-4H3,(H,14,15). The number of carbonyl (C=O) groups is 1. The Morgan fingerprint density at radius 1 is 1.53 bits per heavy atom. The van der Waals surface area contributed by atoms with Gasteiger partial charge in [0.1, 0.15) is 0 Å². The SMILES string of the molecule is CC(C)CN1CCC(C(=O)O)CC1(C)C. The van der Waals surface area contributed by atoms with E-state index >= 15 is 0 Å². The predicted molar refractivity (Wildman–Crippen MR) is 60.8 cm³/mol. The lowest BCUT2D eigenvalue weighted by molar-refractivity contribution is -0.145. The Morgan fingerprint density at radius 3 is 2.53 bits per heavy atom. The van der Waals surface area contributed by atoms with Gasteiger partial charge in [0, 0.05) is 12.1 Å². The van der Waals surface area contributed by atoms with E-state index < -0.39 is 5.97 Å². The highest BCUT2D eigenvalue weighted by molar-refractivity contribution is 5.70. The van der Waals surface area contributed by atoms with Crippen LogP contribution in [0.1, 0.15) is 40.5 Å². The molecule has 0 radical (unpaired) electrons. The van der Waals surface area contributed by atoms with E-state index in [1.165, 1.54) is 0 Å². The van der Waals surface area contributed by atoms with E-state index in [1.54, 1.807) is 0 Å². The summed E-state index contributed by atoms with van der Waals surface area (Å²) in [5.41, 5.74) is 0.0333. The van der Waals surface area contributed by atoms with Crippen molar-refractivity contribution in [2.45, 2.75) is 46.1 Å². The molecule has 1 saturated heterocycles. The van der Waals surface area contributed by atoms with Crippen LogP contribution in [0.2, 0.25) is 0 Å². The summed E-state index contributed by atoms with van der Waals surface area (Å²) in [5.74, 6) is -0.138. The second kappa shape index (κ2) is 4.52. The van der Waals surface area contributed by atoms with E-state index in [2.05, 4.69) is 32.6 Å². The third kappa shape index (κ3) is 3.20. The number of likely N-dealkylation sites (tertiary alicyclic amines) is 1. The highest BCUT2D eigenvalue weighted by Crippen LogP contribution is 2.32. The smallest absolute Gasteiger partial charge is 0.306 e. The van der Waals surface area contributed by atoms with Crippen molar-refractivity contribution >= 4 is 5.97 Å². The van der Waals surface area contributed by atoms with Gasteiger partial charge in [-0.3, -0.25) is 9.69 Å². The first kappa shape index (κ1) is 12.5. The van der Waals surface area contributed by atoms with Crippen molar-refractivity contribution in [3.05, 3.63) is 0 Å². The maximum atomic E-state index is 11.0. The van der Waals surface area contributed by atoms with Gasteiger partial charge in [-0.05, 0) is 39.2 Å². The summed E-state index contributed by atoms with van der Waals surface area (Å²) in [6.45, 7) is 10.7. The molecule has 0 amide bonds. The van der Waals surface area contributed by atoms with Gasteiger partial charge in [-0.2, -0.15) is 0 Å². The molecule has 0 spiro atoms. The third-order valence-corrected chi connectivity index (χ3v) is 3.28. The molecule has 1 N–H and O–H groups in total. The van der Waals surface area contributed by atoms with E-state index in [9.17, 15) is 4.79 Å². The number of aliphatic carboxylic acids is 1. The first-order chi connectivity index (χ1) is 6.83. The molecule has 1 unspecified atom stereocenters. The highest BCUT2D eigenvalue weighted by Gasteiger charge is 2.37. The lowest BCUT2D eigenvalue weighted by atomic mass is 9.82. The van der Waals surface area contributed by atoms with Crippen molar-refractivity contribution < 1.29 is 9.90 Å². The number of hydrogen-bond acceptors (Lipinski definition) is 2. The molecule has 3 nitrogen and oxygen atoms in total. The minimum atomic E-state index is -0.632. The Morgan fingerprint density at radius 2 is 2.13 bits per heavy atom. The monoisotopic (exact) mass is 213 g/mol. The molecule has 0 bridgehead atoms. The van der Waals surface area contributed by atoms with Crippen LogP contribution in [0, 0.1) is 11.8 Å². The fraction of sp³-hybridized carbons (Fsp3) is 0.917. The second-order valence-electron chi connectivity index (χ2n) is 5.68. The average molecular weight is 213 g/mol. The van der Waals surface area contributed by atoms with Crippen molar-refractivity contribution in [3.63, 3.8) is 0 Å². The molecule has 1 fully saturated rings. The maximum Gasteiger partial charge on any atom is 0.306 e. The van der Waals surface area contributed by atoms with Crippen molar-refractivity contribution in [2.24, 2.45) is 11.8 Å². The first-order valence-electron chi connectivity index (χ1n) is 5.81. The molecule has 15 heavy (non-hydrogen) atoms. The van der Waals surface area contributed by atoms with Crippen LogP contribution in [0.5, 0.6) is 0 Å². The topological polar surface area (TPSA) is 40.5 Å². The molecule has 1 rings (SSSR count). The van der Waals surface area contributed by atoms with Crippen LogP contribution in [-0.4, -0.2) is 34.6 Å². The van der Waals surface area contributed by atoms with Gasteiger partial charge in [-0.15, -0.1) is 0 Å². The molecule has 1 aliphatic rings. The van der Waals surface area contributed by atoms with Crippen LogP contribution in [0.15, 0.2) is 0 Å². The molecule has 1 heterocycles. The summed E-state index contributed by atoms with van der Waals surface area (Å²) in [6.07, 6.45) is 1.57. The summed E-state index contributed by atoms with van der Waals surface area (Å²) >= 11 is 0. The van der Waals surface area contributed by atoms with Gasteiger partial charge >= 0.3 is 5.97 Å². The molecule has 88 valence electrons. The minimum Gasteiger partial charge on any atom is -0.481 e. The van der Waals surface area contributed by atoms with Gasteiger partial charge in [0.15, 0.2) is 0 Å². The Hall–Kier alpha value is -0.570. The van der Waals surface area contributed by atoms with Gasteiger partial charge in [0.05, 0.1) is 5.92 Å². The summed E-state index contributed by atoms with van der Waals surface area (Å²) in [7, 11) is 0. The van der Waals surface area contributed by atoms with Crippen LogP contribution < -0.4 is 0 Å². The lowest BCUT2D eigenvalue weighted by Gasteiger charge is -2.45. The Labute approximate surface area is 92.5 Å². The van der Waals surface area contributed by atoms with Crippen molar-refractivity contribution in [2.75, 3.05) is 13.1 Å². The third-order valence-electron chi connectivity index (χ3n) is 3.28. The predicted octanol–water partition coefficient (Wildman–Crippen LogP) is 2.22. The number of carboxylic acid groups (broad SMARTS) is 1. The van der Waals surface area contributed by atoms with E-state index in [1.807, 2.05) is 0 Å². The zero-order valence-electron chi connectivity index (χ0n) is 10.3. The summed E-state index contributed by atoms with van der Waals surface area (Å²) in [6, 6.07) is 0. The van der Waals surface area contributed by atoms with Crippen molar-refractivity contribution in [1.29, 1.82) is 0 Å². The number of piperidine rings is 1. The first-order valence-corrected chi connectivity index (χ1v) is 5.81. The van der Waals surface area contributed by atoms with Crippen LogP contribution in [0.4, 0.5) is 0 Å². The second-order valence-corrected chi connectivity index (χ2v) is 5.68. The molecule has 0 aliphatic carbocycles. The zero-order valence-corrected chi connectivity index (χ0v) is 10.3. The normalized spacial score (nSPS) is 26.9. The van der Waals surface area contributed by atoms with E-state index in [0.29, 0.717) is 5.92 Å². The van der Waals surface area contributed by atoms with Crippen molar-refractivity contribution in [1.82, 2.24) is 4.90 Å². The molecule has 0 saturated carbocycles. The molecular weight excluding hydrogens is 190 g/mol. The molecular formula is C12H23NO2. The number of hydrogen-bond donors (Lipinski definition) is 1. The van der Waals surface area contributed by atoms with E-state index in [-0.39, 0.29) is 11.5 Å². The number of rotatable bonds is 3. The van der Waals surface area contributed by atoms with Crippen LogP contribution in [0.3, 0.4) is 0 Å². The quantitative estimate of drug-likeness (QED) is 0.781. The summed E-state index contributed by atoms with van der Waals surface area (Å²) < 4.78 is 0. The largest absolute Gasteiger partial charge is 0.481 e. The highest BCUT2D eigenvalue weighted by atomic mass is 16.4. The average Bonchev–Trinajstić information content (AvgIpc) is 2.07. The van der Waals surface area contributed by atoms with Crippen LogP contribution >= 0.6 is 0 Å². The lowest BCUT2D eigenvalue weighted by Crippen LogP contribution is -2.52. The summed E-state index contributed by atoms with van der Waals surface area (Å²) in [5, 5.41) is 9.02. The Balaban J connectivity index is 2.62. The maximum absolute atomic E-state index is 11.0.